The number of nitrogens with one attached hydrogen (secondary N) is 2. The van der Waals surface area contributed by atoms with E-state index in [1.165, 1.54) is 0 Å². The molecule has 0 aliphatic carbocycles. The van der Waals surface area contributed by atoms with Crippen LogP contribution in [0.15, 0.2) is 66.7 Å². The van der Waals surface area contributed by atoms with Crippen molar-refractivity contribution in [3.8, 4) is 11.8 Å². The van der Waals surface area contributed by atoms with E-state index in [9.17, 15) is 10.1 Å². The SMILES string of the molecule is Cc1ccc(-n2nc(C(C)(C)C)cc2NC(=O)Nc2ccc(C#N)c3ccccc23)cc1. The normalized spacial score (nSPS) is 11.2. The number of rotatable bonds is 3. The summed E-state index contributed by atoms with van der Waals surface area (Å²) < 4.78 is 1.75. The topological polar surface area (TPSA) is 82.7 Å². The lowest BCUT2D eigenvalue weighted by molar-refractivity contribution is 0.262. The maximum Gasteiger partial charge on any atom is 0.324 e. The Balaban J connectivity index is 1.67. The van der Waals surface area contributed by atoms with Crippen LogP contribution in [0.1, 0.15) is 37.6 Å². The number of nitrogens with zero attached hydrogens (tertiary/aromatic N) is 3. The highest BCUT2D eigenvalue weighted by Crippen LogP contribution is 2.28. The highest BCUT2D eigenvalue weighted by atomic mass is 16.2. The summed E-state index contributed by atoms with van der Waals surface area (Å²) in [5.41, 5.74) is 3.92. The molecule has 4 aromatic rings. The molecule has 6 heteroatoms. The molecule has 0 aliphatic rings. The quantitative estimate of drug-likeness (QED) is 0.415. The molecule has 2 amide bonds. The van der Waals surface area contributed by atoms with Gasteiger partial charge in [0.05, 0.1) is 28.7 Å². The zero-order chi connectivity index (χ0) is 22.9. The van der Waals surface area contributed by atoms with Gasteiger partial charge in [0.25, 0.3) is 0 Å². The summed E-state index contributed by atoms with van der Waals surface area (Å²) in [5.74, 6) is 0.578. The number of hydrogen-bond acceptors (Lipinski definition) is 3. The molecule has 1 aromatic heterocycles. The molecule has 160 valence electrons. The van der Waals surface area contributed by atoms with Gasteiger partial charge in [-0.1, -0.05) is 62.7 Å². The zero-order valence-corrected chi connectivity index (χ0v) is 18.6. The molecule has 3 aromatic carbocycles. The van der Waals surface area contributed by atoms with Crippen molar-refractivity contribution in [3.05, 3.63) is 83.6 Å². The summed E-state index contributed by atoms with van der Waals surface area (Å²) in [6.45, 7) is 8.28. The molecular weight excluding hydrogens is 398 g/mol. The van der Waals surface area contributed by atoms with Crippen molar-refractivity contribution in [1.82, 2.24) is 9.78 Å². The van der Waals surface area contributed by atoms with E-state index in [4.69, 9.17) is 5.10 Å². The minimum Gasteiger partial charge on any atom is -0.307 e. The zero-order valence-electron chi connectivity index (χ0n) is 18.6. The van der Waals surface area contributed by atoms with Crippen LogP contribution in [0.2, 0.25) is 0 Å². The monoisotopic (exact) mass is 423 g/mol. The summed E-state index contributed by atoms with van der Waals surface area (Å²) in [6.07, 6.45) is 0. The van der Waals surface area contributed by atoms with E-state index < -0.39 is 0 Å². The van der Waals surface area contributed by atoms with Crippen LogP contribution in [0, 0.1) is 18.3 Å². The molecule has 0 spiro atoms. The van der Waals surface area contributed by atoms with E-state index >= 15 is 0 Å². The molecule has 0 bridgehead atoms. The second-order valence-electron chi connectivity index (χ2n) is 8.81. The van der Waals surface area contributed by atoms with Crippen LogP contribution < -0.4 is 10.6 Å². The number of aromatic nitrogens is 2. The molecule has 1 heterocycles. The van der Waals surface area contributed by atoms with Gasteiger partial charge >= 0.3 is 6.03 Å². The van der Waals surface area contributed by atoms with Crippen LogP contribution >= 0.6 is 0 Å². The lowest BCUT2D eigenvalue weighted by Crippen LogP contribution is -2.21. The van der Waals surface area contributed by atoms with E-state index in [0.717, 1.165) is 27.7 Å². The molecule has 0 saturated carbocycles. The van der Waals surface area contributed by atoms with Gasteiger partial charge in [0, 0.05) is 22.3 Å². The van der Waals surface area contributed by atoms with Crippen LogP contribution in [0.25, 0.3) is 16.5 Å². The van der Waals surface area contributed by atoms with Gasteiger partial charge in [-0.15, -0.1) is 0 Å². The second kappa shape index (κ2) is 8.20. The van der Waals surface area contributed by atoms with Gasteiger partial charge in [0.1, 0.15) is 5.82 Å². The minimum atomic E-state index is -0.381. The van der Waals surface area contributed by atoms with Crippen LogP contribution in [0.4, 0.5) is 16.3 Å². The largest absolute Gasteiger partial charge is 0.324 e. The number of carbonyl (C=O) groups excluding carboxylic acids is 1. The van der Waals surface area contributed by atoms with E-state index in [0.29, 0.717) is 17.1 Å². The maximum atomic E-state index is 12.9. The van der Waals surface area contributed by atoms with Crippen molar-refractivity contribution in [3.63, 3.8) is 0 Å². The van der Waals surface area contributed by atoms with Crippen molar-refractivity contribution in [2.45, 2.75) is 33.1 Å². The van der Waals surface area contributed by atoms with E-state index in [1.807, 2.05) is 61.5 Å². The fourth-order valence-electron chi connectivity index (χ4n) is 3.49. The van der Waals surface area contributed by atoms with E-state index in [1.54, 1.807) is 16.8 Å². The molecule has 2 N–H and O–H groups in total. The number of aryl methyl sites for hydroxylation is 1. The Morgan fingerprint density at radius 3 is 2.31 bits per heavy atom. The van der Waals surface area contributed by atoms with Crippen molar-refractivity contribution in [1.29, 1.82) is 5.26 Å². The van der Waals surface area contributed by atoms with Crippen molar-refractivity contribution >= 4 is 28.3 Å². The number of carbonyl (C=O) groups is 1. The third kappa shape index (κ3) is 4.19. The Bertz CT molecular complexity index is 1340. The Kier molecular flexibility index (Phi) is 5.41. The number of urea groups is 1. The van der Waals surface area contributed by atoms with Crippen molar-refractivity contribution in [2.24, 2.45) is 0 Å². The molecule has 0 aliphatic heterocycles. The lowest BCUT2D eigenvalue weighted by atomic mass is 9.92. The van der Waals surface area contributed by atoms with Gasteiger partial charge in [-0.2, -0.15) is 10.4 Å². The molecule has 0 saturated heterocycles. The van der Waals surface area contributed by atoms with Crippen LogP contribution in [0.5, 0.6) is 0 Å². The molecule has 0 unspecified atom stereocenters. The predicted octanol–water partition coefficient (Wildman–Crippen LogP) is 6.15. The molecule has 4 rings (SSSR count). The number of benzene rings is 3. The average Bonchev–Trinajstić information content (AvgIpc) is 3.18. The smallest absolute Gasteiger partial charge is 0.307 e. The van der Waals surface area contributed by atoms with Crippen molar-refractivity contribution < 1.29 is 4.79 Å². The summed E-state index contributed by atoms with van der Waals surface area (Å²) in [4.78, 5) is 12.9. The summed E-state index contributed by atoms with van der Waals surface area (Å²) in [6, 6.07) is 22.7. The molecule has 0 radical (unpaired) electrons. The van der Waals surface area contributed by atoms with Gasteiger partial charge in [0.15, 0.2) is 0 Å². The number of hydrogen-bond donors (Lipinski definition) is 2. The van der Waals surface area contributed by atoms with Crippen LogP contribution in [0.3, 0.4) is 0 Å². The third-order valence-electron chi connectivity index (χ3n) is 5.29. The summed E-state index contributed by atoms with van der Waals surface area (Å²) in [7, 11) is 0. The van der Waals surface area contributed by atoms with Gasteiger partial charge in [-0.05, 0) is 31.2 Å². The molecule has 32 heavy (non-hydrogen) atoms. The predicted molar refractivity (Wildman–Crippen MR) is 128 cm³/mol. The molecule has 0 fully saturated rings. The Morgan fingerprint density at radius 2 is 1.66 bits per heavy atom. The summed E-state index contributed by atoms with van der Waals surface area (Å²) in [5, 5.41) is 21.6. The first-order valence-electron chi connectivity index (χ1n) is 10.4. The van der Waals surface area contributed by atoms with Crippen LogP contribution in [-0.4, -0.2) is 15.8 Å². The first-order chi connectivity index (χ1) is 15.3. The highest BCUT2D eigenvalue weighted by Gasteiger charge is 2.21. The first-order valence-corrected chi connectivity index (χ1v) is 10.4. The van der Waals surface area contributed by atoms with Gasteiger partial charge < -0.3 is 5.32 Å². The Hall–Kier alpha value is -4.11. The first kappa shape index (κ1) is 21.1. The fourth-order valence-corrected chi connectivity index (χ4v) is 3.49. The highest BCUT2D eigenvalue weighted by molar-refractivity contribution is 6.07. The Labute approximate surface area is 187 Å². The lowest BCUT2D eigenvalue weighted by Gasteiger charge is -2.14. The number of fused-ring (bicyclic) bond motifs is 1. The van der Waals surface area contributed by atoms with E-state index in [2.05, 4.69) is 37.5 Å². The van der Waals surface area contributed by atoms with Gasteiger partial charge in [0.2, 0.25) is 0 Å². The molecule has 0 atom stereocenters. The molecular formula is C26H25N5O. The van der Waals surface area contributed by atoms with Crippen molar-refractivity contribution in [2.75, 3.05) is 10.6 Å². The Morgan fingerprint density at radius 1 is 0.969 bits per heavy atom. The number of anilines is 2. The third-order valence-corrected chi connectivity index (χ3v) is 5.29. The second-order valence-corrected chi connectivity index (χ2v) is 8.81. The fraction of sp³-hybridized carbons (Fsp3) is 0.192. The maximum absolute atomic E-state index is 12.9. The van der Waals surface area contributed by atoms with Gasteiger partial charge in [-0.25, -0.2) is 9.48 Å². The minimum absolute atomic E-state index is 0.174. The standard InChI is InChI=1S/C26H25N5O/c1-17-9-12-19(13-10-17)31-24(15-23(30-31)26(2,3)4)29-25(32)28-22-14-11-18(16-27)20-7-5-6-8-21(20)22/h5-15H,1-4H3,(H2,28,29,32). The summed E-state index contributed by atoms with van der Waals surface area (Å²) >= 11 is 0. The number of nitriles is 1. The molecule has 6 nitrogen and oxygen atoms in total. The van der Waals surface area contributed by atoms with E-state index in [-0.39, 0.29) is 11.4 Å². The van der Waals surface area contributed by atoms with Gasteiger partial charge in [-0.3, -0.25) is 5.32 Å². The number of amides is 2. The average molecular weight is 424 g/mol. The van der Waals surface area contributed by atoms with Crippen LogP contribution in [-0.2, 0) is 5.41 Å².